The number of rotatable bonds is 8. The van der Waals surface area contributed by atoms with E-state index in [2.05, 4.69) is 24.4 Å². The summed E-state index contributed by atoms with van der Waals surface area (Å²) in [5.74, 6) is -0.462. The molecule has 0 saturated carbocycles. The highest BCUT2D eigenvalue weighted by molar-refractivity contribution is 6.76. The van der Waals surface area contributed by atoms with Crippen LogP contribution in [0.15, 0.2) is 0 Å². The minimum Gasteiger partial charge on any atom is -0.467 e. The summed E-state index contributed by atoms with van der Waals surface area (Å²) in [5.41, 5.74) is 5.36. The molecule has 0 bridgehead atoms. The Hall–Kier alpha value is -0.433. The third-order valence-electron chi connectivity index (χ3n) is 2.03. The molecule has 1 unspecified atom stereocenters. The van der Waals surface area contributed by atoms with Crippen LogP contribution in [0.25, 0.3) is 0 Å². The van der Waals surface area contributed by atoms with Gasteiger partial charge in [-0.3, -0.25) is 0 Å². The first-order valence-electron chi connectivity index (χ1n) is 5.38. The van der Waals surface area contributed by atoms with Crippen molar-refractivity contribution in [1.82, 2.24) is 0 Å². The van der Waals surface area contributed by atoms with Crippen LogP contribution in [0.2, 0.25) is 25.7 Å². The monoisotopic (exact) mass is 249 g/mol. The van der Waals surface area contributed by atoms with Crippen LogP contribution >= 0.6 is 0 Å². The van der Waals surface area contributed by atoms with Gasteiger partial charge in [0.25, 0.3) is 0 Å². The van der Waals surface area contributed by atoms with Gasteiger partial charge in [-0.05, 0) is 6.04 Å². The first-order chi connectivity index (χ1) is 7.40. The van der Waals surface area contributed by atoms with E-state index in [1.54, 1.807) is 0 Å². The summed E-state index contributed by atoms with van der Waals surface area (Å²) in [4.78, 5) is 11.1. The molecule has 0 fully saturated rings. The number of methoxy groups -OCH3 is 1. The Morgan fingerprint density at radius 1 is 1.38 bits per heavy atom. The van der Waals surface area contributed by atoms with Crippen molar-refractivity contribution in [1.29, 1.82) is 0 Å². The average Bonchev–Trinajstić information content (AvgIpc) is 2.21. The molecule has 0 spiro atoms. The fourth-order valence-electron chi connectivity index (χ4n) is 0.931. The quantitative estimate of drug-likeness (QED) is 0.298. The molecule has 6 heteroatoms. The van der Waals surface area contributed by atoms with Crippen LogP contribution in [-0.2, 0) is 19.0 Å². The summed E-state index contributed by atoms with van der Waals surface area (Å²) in [6.45, 7) is 7.66. The Morgan fingerprint density at radius 2 is 2.00 bits per heavy atom. The summed E-state index contributed by atoms with van der Waals surface area (Å²) in [6, 6.07) is 1.07. The Morgan fingerprint density at radius 3 is 2.44 bits per heavy atom. The van der Waals surface area contributed by atoms with Crippen molar-refractivity contribution in [2.75, 3.05) is 27.1 Å². The lowest BCUT2D eigenvalue weighted by Gasteiger charge is -2.17. The lowest BCUT2D eigenvalue weighted by Crippen LogP contribution is -2.34. The molecule has 0 aliphatic rings. The second kappa shape index (κ2) is 7.78. The highest BCUT2D eigenvalue weighted by Crippen LogP contribution is 2.07. The molecule has 0 aromatic rings. The van der Waals surface area contributed by atoms with Crippen LogP contribution in [0, 0.1) is 0 Å². The fraction of sp³-hybridized carbons (Fsp3) is 0.900. The molecule has 2 N–H and O–H groups in total. The van der Waals surface area contributed by atoms with Crippen LogP contribution in [0.4, 0.5) is 0 Å². The van der Waals surface area contributed by atoms with Crippen molar-refractivity contribution in [2.24, 2.45) is 5.73 Å². The van der Waals surface area contributed by atoms with Crippen molar-refractivity contribution in [2.45, 2.75) is 31.8 Å². The number of esters is 1. The van der Waals surface area contributed by atoms with E-state index in [1.807, 2.05) is 0 Å². The molecule has 96 valence electrons. The number of carbonyl (C=O) groups is 1. The lowest BCUT2D eigenvalue weighted by molar-refractivity contribution is -0.162. The highest BCUT2D eigenvalue weighted by atomic mass is 28.3. The van der Waals surface area contributed by atoms with Gasteiger partial charge in [-0.25, -0.2) is 4.79 Å². The number of nitrogens with two attached hydrogens (primary N) is 1. The molecular formula is C10H23NO4Si. The van der Waals surface area contributed by atoms with Gasteiger partial charge in [0.15, 0.2) is 6.10 Å². The maximum absolute atomic E-state index is 11.1. The van der Waals surface area contributed by atoms with Crippen LogP contribution in [-0.4, -0.2) is 47.2 Å². The zero-order valence-electron chi connectivity index (χ0n) is 10.6. The third-order valence-corrected chi connectivity index (χ3v) is 3.73. The van der Waals surface area contributed by atoms with E-state index in [0.717, 1.165) is 6.04 Å². The van der Waals surface area contributed by atoms with Gasteiger partial charge in [-0.1, -0.05) is 19.6 Å². The van der Waals surface area contributed by atoms with Gasteiger partial charge in [0.05, 0.1) is 7.11 Å². The molecule has 0 aliphatic carbocycles. The van der Waals surface area contributed by atoms with Gasteiger partial charge < -0.3 is 19.9 Å². The van der Waals surface area contributed by atoms with E-state index in [-0.39, 0.29) is 13.3 Å². The molecule has 0 rings (SSSR count). The number of hydrogen-bond acceptors (Lipinski definition) is 5. The van der Waals surface area contributed by atoms with Crippen molar-refractivity contribution in [3.63, 3.8) is 0 Å². The molecule has 0 aromatic carbocycles. The van der Waals surface area contributed by atoms with E-state index in [1.165, 1.54) is 7.11 Å². The Bertz CT molecular complexity index is 205. The molecule has 16 heavy (non-hydrogen) atoms. The fourth-order valence-corrected chi connectivity index (χ4v) is 1.69. The van der Waals surface area contributed by atoms with Gasteiger partial charge in [-0.15, -0.1) is 0 Å². The van der Waals surface area contributed by atoms with E-state index in [0.29, 0.717) is 6.61 Å². The summed E-state index contributed by atoms with van der Waals surface area (Å²) < 4.78 is 15.0. The maximum atomic E-state index is 11.1. The number of carbonyl (C=O) groups excluding carboxylic acids is 1. The van der Waals surface area contributed by atoms with Gasteiger partial charge in [0, 0.05) is 21.2 Å². The smallest absolute Gasteiger partial charge is 0.336 e. The van der Waals surface area contributed by atoms with Crippen LogP contribution in [0.3, 0.4) is 0 Å². The molecule has 0 saturated heterocycles. The van der Waals surface area contributed by atoms with E-state index >= 15 is 0 Å². The molecule has 0 amide bonds. The molecule has 1 atom stereocenters. The van der Waals surface area contributed by atoms with Crippen molar-refractivity contribution < 1.29 is 19.0 Å². The minimum atomic E-state index is -1.07. The van der Waals surface area contributed by atoms with Crippen molar-refractivity contribution in [3.05, 3.63) is 0 Å². The van der Waals surface area contributed by atoms with Crippen molar-refractivity contribution >= 4 is 14.0 Å². The zero-order chi connectivity index (χ0) is 12.6. The average molecular weight is 249 g/mol. The first-order valence-corrected chi connectivity index (χ1v) is 9.08. The Kier molecular flexibility index (Phi) is 7.57. The second-order valence-electron chi connectivity index (χ2n) is 4.75. The normalized spacial score (nSPS) is 13.6. The van der Waals surface area contributed by atoms with Crippen LogP contribution < -0.4 is 5.73 Å². The Balaban J connectivity index is 3.60. The molecule has 0 radical (unpaired) electrons. The van der Waals surface area contributed by atoms with E-state index < -0.39 is 20.1 Å². The molecule has 0 aliphatic heterocycles. The predicted octanol–water partition coefficient (Wildman–Crippen LogP) is 0.816. The topological polar surface area (TPSA) is 70.8 Å². The van der Waals surface area contributed by atoms with E-state index in [9.17, 15) is 4.79 Å². The summed E-state index contributed by atoms with van der Waals surface area (Å²) >= 11 is 0. The van der Waals surface area contributed by atoms with Gasteiger partial charge in [0.2, 0.25) is 0 Å². The van der Waals surface area contributed by atoms with Crippen molar-refractivity contribution in [3.8, 4) is 0 Å². The standard InChI is InChI=1S/C10H23NO4Si/c1-13-10(12)9(7-11)15-8-14-5-6-16(2,3)4/h9H,5-8,11H2,1-4H3. The maximum Gasteiger partial charge on any atom is 0.336 e. The van der Waals surface area contributed by atoms with Gasteiger partial charge >= 0.3 is 5.97 Å². The van der Waals surface area contributed by atoms with E-state index in [4.69, 9.17) is 15.2 Å². The molecule has 0 heterocycles. The first kappa shape index (κ1) is 15.6. The van der Waals surface area contributed by atoms with Gasteiger partial charge in [-0.2, -0.15) is 0 Å². The highest BCUT2D eigenvalue weighted by Gasteiger charge is 2.18. The molecule has 5 nitrogen and oxygen atoms in total. The lowest BCUT2D eigenvalue weighted by atomic mass is 10.4. The SMILES string of the molecule is COC(=O)C(CN)OCOCC[Si](C)(C)C. The van der Waals surface area contributed by atoms with Crippen LogP contribution in [0.5, 0.6) is 0 Å². The summed E-state index contributed by atoms with van der Waals surface area (Å²) in [6.07, 6.45) is -0.725. The molecular weight excluding hydrogens is 226 g/mol. The zero-order valence-corrected chi connectivity index (χ0v) is 11.6. The predicted molar refractivity (Wildman–Crippen MR) is 64.9 cm³/mol. The third kappa shape index (κ3) is 7.81. The molecule has 0 aromatic heterocycles. The van der Waals surface area contributed by atoms with Gasteiger partial charge in [0.1, 0.15) is 6.79 Å². The summed E-state index contributed by atoms with van der Waals surface area (Å²) in [7, 11) is 0.238. The number of hydrogen-bond donors (Lipinski definition) is 1. The summed E-state index contributed by atoms with van der Waals surface area (Å²) in [5, 5.41) is 0. The second-order valence-corrected chi connectivity index (χ2v) is 10.4. The largest absolute Gasteiger partial charge is 0.467 e. The number of ether oxygens (including phenoxy) is 3. The van der Waals surface area contributed by atoms with Crippen LogP contribution in [0.1, 0.15) is 0 Å². The Labute approximate surface area is 98.2 Å². The minimum absolute atomic E-state index is 0.0848.